The highest BCUT2D eigenvalue weighted by molar-refractivity contribution is 5.14. The molecule has 2 rings (SSSR count). The minimum atomic E-state index is 0.231. The van der Waals surface area contributed by atoms with Crippen LogP contribution in [-0.2, 0) is 13.1 Å². The zero-order valence-corrected chi connectivity index (χ0v) is 10.5. The monoisotopic (exact) mass is 242 g/mol. The highest BCUT2D eigenvalue weighted by Crippen LogP contribution is 1.98. The molecule has 0 aromatic heterocycles. The Morgan fingerprint density at radius 2 is 1.17 bits per heavy atom. The first-order chi connectivity index (χ1) is 8.88. The van der Waals surface area contributed by atoms with E-state index in [1.807, 2.05) is 12.1 Å². The van der Waals surface area contributed by atoms with Crippen molar-refractivity contribution in [3.8, 4) is 0 Å². The van der Waals surface area contributed by atoms with Crippen LogP contribution in [-0.4, -0.2) is 18.3 Å². The summed E-state index contributed by atoms with van der Waals surface area (Å²) in [5.74, 6) is 0. The van der Waals surface area contributed by atoms with Crippen LogP contribution >= 0.6 is 0 Å². The van der Waals surface area contributed by atoms with Crippen molar-refractivity contribution in [2.24, 2.45) is 0 Å². The Morgan fingerprint density at radius 1 is 0.722 bits per heavy atom. The van der Waals surface area contributed by atoms with Crippen LogP contribution < -0.4 is 4.90 Å². The molecular formula is C16H20NO+. The zero-order valence-electron chi connectivity index (χ0n) is 10.5. The second-order valence-electron chi connectivity index (χ2n) is 4.55. The maximum atomic E-state index is 9.17. The number of nitrogens with one attached hydrogen (secondary N) is 1. The molecule has 0 heterocycles. The summed E-state index contributed by atoms with van der Waals surface area (Å²) in [5, 5.41) is 9.17. The summed E-state index contributed by atoms with van der Waals surface area (Å²) in [7, 11) is 0. The van der Waals surface area contributed by atoms with Crippen molar-refractivity contribution in [3.63, 3.8) is 0 Å². The molecule has 0 aliphatic rings. The Balaban J connectivity index is 2.00. The molecule has 2 heteroatoms. The molecule has 0 spiro atoms. The topological polar surface area (TPSA) is 24.7 Å². The first-order valence-electron chi connectivity index (χ1n) is 6.41. The van der Waals surface area contributed by atoms with Gasteiger partial charge >= 0.3 is 0 Å². The van der Waals surface area contributed by atoms with Crippen molar-refractivity contribution in [3.05, 3.63) is 71.8 Å². The van der Waals surface area contributed by atoms with E-state index in [1.54, 1.807) is 0 Å². The Labute approximate surface area is 109 Å². The summed E-state index contributed by atoms with van der Waals surface area (Å²) in [4.78, 5) is 1.38. The molecule has 2 aromatic carbocycles. The van der Waals surface area contributed by atoms with E-state index in [9.17, 15) is 5.11 Å². The average Bonchev–Trinajstić information content (AvgIpc) is 2.41. The van der Waals surface area contributed by atoms with E-state index < -0.39 is 0 Å². The Bertz CT molecular complexity index is 400. The molecule has 0 unspecified atom stereocenters. The third-order valence-electron chi connectivity index (χ3n) is 3.06. The van der Waals surface area contributed by atoms with Gasteiger partial charge in [0.1, 0.15) is 19.6 Å². The minimum Gasteiger partial charge on any atom is -0.391 e. The third kappa shape index (κ3) is 3.99. The fourth-order valence-corrected chi connectivity index (χ4v) is 2.17. The highest BCUT2D eigenvalue weighted by Gasteiger charge is 2.09. The van der Waals surface area contributed by atoms with Gasteiger partial charge in [-0.2, -0.15) is 0 Å². The molecule has 0 saturated heterocycles. The van der Waals surface area contributed by atoms with Gasteiger partial charge in [0.05, 0.1) is 6.61 Å². The number of hydrogen-bond donors (Lipinski definition) is 2. The first-order valence-corrected chi connectivity index (χ1v) is 6.41. The molecule has 2 nitrogen and oxygen atoms in total. The minimum absolute atomic E-state index is 0.231. The number of hydrogen-bond acceptors (Lipinski definition) is 1. The fourth-order valence-electron chi connectivity index (χ4n) is 2.17. The van der Waals surface area contributed by atoms with Gasteiger partial charge in [0, 0.05) is 11.1 Å². The summed E-state index contributed by atoms with van der Waals surface area (Å²) < 4.78 is 0. The highest BCUT2D eigenvalue weighted by atomic mass is 16.3. The number of rotatable bonds is 6. The summed E-state index contributed by atoms with van der Waals surface area (Å²) in [6.07, 6.45) is 0. The van der Waals surface area contributed by atoms with Crippen molar-refractivity contribution in [2.75, 3.05) is 13.2 Å². The first kappa shape index (κ1) is 12.8. The van der Waals surface area contributed by atoms with Gasteiger partial charge in [0.25, 0.3) is 0 Å². The molecule has 0 bridgehead atoms. The molecule has 0 atom stereocenters. The normalized spacial score (nSPS) is 10.8. The zero-order chi connectivity index (χ0) is 12.6. The van der Waals surface area contributed by atoms with E-state index in [-0.39, 0.29) is 6.61 Å². The second-order valence-corrected chi connectivity index (χ2v) is 4.55. The summed E-state index contributed by atoms with van der Waals surface area (Å²) in [6.45, 7) is 2.92. The number of aliphatic hydroxyl groups is 1. The van der Waals surface area contributed by atoms with E-state index in [0.29, 0.717) is 0 Å². The summed E-state index contributed by atoms with van der Waals surface area (Å²) in [6, 6.07) is 20.9. The van der Waals surface area contributed by atoms with Gasteiger partial charge in [-0.05, 0) is 0 Å². The second kappa shape index (κ2) is 6.94. The molecule has 0 amide bonds. The number of quaternary nitrogens is 1. The van der Waals surface area contributed by atoms with Gasteiger partial charge in [-0.15, -0.1) is 0 Å². The van der Waals surface area contributed by atoms with Crippen molar-refractivity contribution in [1.82, 2.24) is 0 Å². The molecular weight excluding hydrogens is 222 g/mol. The van der Waals surface area contributed by atoms with Crippen molar-refractivity contribution >= 4 is 0 Å². The molecule has 0 saturated carbocycles. The lowest BCUT2D eigenvalue weighted by atomic mass is 10.1. The summed E-state index contributed by atoms with van der Waals surface area (Å²) >= 11 is 0. The molecule has 0 fully saturated rings. The molecule has 94 valence electrons. The van der Waals surface area contributed by atoms with Crippen molar-refractivity contribution in [1.29, 1.82) is 0 Å². The van der Waals surface area contributed by atoms with Gasteiger partial charge < -0.3 is 10.0 Å². The van der Waals surface area contributed by atoms with Crippen LogP contribution in [0.2, 0.25) is 0 Å². The third-order valence-corrected chi connectivity index (χ3v) is 3.06. The lowest BCUT2D eigenvalue weighted by molar-refractivity contribution is -0.927. The van der Waals surface area contributed by atoms with Crippen LogP contribution in [0.5, 0.6) is 0 Å². The molecule has 0 radical (unpaired) electrons. The lowest BCUT2D eigenvalue weighted by Crippen LogP contribution is -3.09. The molecule has 0 aliphatic heterocycles. The van der Waals surface area contributed by atoms with Gasteiger partial charge in [-0.1, -0.05) is 60.7 Å². The standard InChI is InChI=1S/C16H19NO/c18-12-11-17(13-15-7-3-1-4-8-15)14-16-9-5-2-6-10-16/h1-10,18H,11-14H2/p+1. The van der Waals surface area contributed by atoms with Crippen molar-refractivity contribution < 1.29 is 10.0 Å². The van der Waals surface area contributed by atoms with Gasteiger partial charge in [0.2, 0.25) is 0 Å². The SMILES string of the molecule is OCC[NH+](Cc1ccccc1)Cc1ccccc1. The number of aliphatic hydroxyl groups excluding tert-OH is 1. The largest absolute Gasteiger partial charge is 0.391 e. The van der Waals surface area contributed by atoms with Crippen LogP contribution in [0.3, 0.4) is 0 Å². The maximum Gasteiger partial charge on any atom is 0.103 e. The predicted molar refractivity (Wildman–Crippen MR) is 73.2 cm³/mol. The van der Waals surface area contributed by atoms with E-state index in [0.717, 1.165) is 19.6 Å². The van der Waals surface area contributed by atoms with E-state index in [2.05, 4.69) is 48.5 Å². The summed E-state index contributed by atoms with van der Waals surface area (Å²) in [5.41, 5.74) is 2.63. The fraction of sp³-hybridized carbons (Fsp3) is 0.250. The van der Waals surface area contributed by atoms with E-state index in [4.69, 9.17) is 0 Å². The van der Waals surface area contributed by atoms with Crippen LogP contribution in [0.4, 0.5) is 0 Å². The smallest absolute Gasteiger partial charge is 0.103 e. The predicted octanol–water partition coefficient (Wildman–Crippen LogP) is 1.26. The number of benzene rings is 2. The quantitative estimate of drug-likeness (QED) is 0.783. The van der Waals surface area contributed by atoms with E-state index >= 15 is 0 Å². The van der Waals surface area contributed by atoms with Crippen LogP contribution in [0, 0.1) is 0 Å². The average molecular weight is 242 g/mol. The van der Waals surface area contributed by atoms with E-state index in [1.165, 1.54) is 16.0 Å². The molecule has 2 N–H and O–H groups in total. The van der Waals surface area contributed by atoms with Gasteiger partial charge in [-0.25, -0.2) is 0 Å². The van der Waals surface area contributed by atoms with Gasteiger partial charge in [0.15, 0.2) is 0 Å². The van der Waals surface area contributed by atoms with Crippen molar-refractivity contribution in [2.45, 2.75) is 13.1 Å². The Kier molecular flexibility index (Phi) is 4.94. The van der Waals surface area contributed by atoms with Crippen LogP contribution in [0.1, 0.15) is 11.1 Å². The van der Waals surface area contributed by atoms with Crippen LogP contribution in [0.15, 0.2) is 60.7 Å². The van der Waals surface area contributed by atoms with Crippen LogP contribution in [0.25, 0.3) is 0 Å². The molecule has 18 heavy (non-hydrogen) atoms. The molecule has 0 aliphatic carbocycles. The van der Waals surface area contributed by atoms with Gasteiger partial charge in [-0.3, -0.25) is 0 Å². The Morgan fingerprint density at radius 3 is 1.56 bits per heavy atom. The lowest BCUT2D eigenvalue weighted by Gasteiger charge is -2.18. The maximum absolute atomic E-state index is 9.17. The molecule has 2 aromatic rings. The Hall–Kier alpha value is -1.64.